The molecule has 0 saturated heterocycles. The van der Waals surface area contributed by atoms with Gasteiger partial charge < -0.3 is 9.64 Å². The average Bonchev–Trinajstić information content (AvgIpc) is 2.50. The number of carbonyl (C=O) groups excluding carboxylic acids is 1. The van der Waals surface area contributed by atoms with Gasteiger partial charge in [0.25, 0.3) is 0 Å². The maximum Gasteiger partial charge on any atom is 0.241 e. The van der Waals surface area contributed by atoms with Gasteiger partial charge in [-0.2, -0.15) is 0 Å². The first-order valence-corrected chi connectivity index (χ1v) is 8.08. The Kier molecular flexibility index (Phi) is 5.78. The van der Waals surface area contributed by atoms with E-state index < -0.39 is 11.6 Å². The van der Waals surface area contributed by atoms with Crippen LogP contribution in [-0.4, -0.2) is 28.8 Å². The van der Waals surface area contributed by atoms with Crippen LogP contribution in [0.2, 0.25) is 0 Å². The summed E-state index contributed by atoms with van der Waals surface area (Å²) < 4.78 is 34.0. The van der Waals surface area contributed by atoms with Crippen molar-refractivity contribution in [3.05, 3.63) is 35.4 Å². The van der Waals surface area contributed by atoms with Crippen LogP contribution >= 0.6 is 15.9 Å². The number of benzene rings is 1. The van der Waals surface area contributed by atoms with Crippen LogP contribution in [0.4, 0.5) is 8.78 Å². The molecule has 1 aromatic carbocycles. The summed E-state index contributed by atoms with van der Waals surface area (Å²) in [5, 5.41) is 0. The van der Waals surface area contributed by atoms with Gasteiger partial charge >= 0.3 is 0 Å². The van der Waals surface area contributed by atoms with Gasteiger partial charge in [0, 0.05) is 18.7 Å². The van der Waals surface area contributed by atoms with Crippen LogP contribution in [-0.2, 0) is 4.79 Å². The number of alkyl halides is 1. The molecule has 0 saturated carbocycles. The number of amides is 1. The highest BCUT2D eigenvalue weighted by molar-refractivity contribution is 9.10. The lowest BCUT2D eigenvalue weighted by Gasteiger charge is -2.30. The fourth-order valence-corrected chi connectivity index (χ4v) is 2.78. The van der Waals surface area contributed by atoms with Crippen LogP contribution in [0.3, 0.4) is 0 Å². The third-order valence-electron chi connectivity index (χ3n) is 3.42. The highest BCUT2D eigenvalue weighted by atomic mass is 79.9. The second-order valence-corrected chi connectivity index (χ2v) is 5.96. The topological polar surface area (TPSA) is 29.5 Å². The molecule has 0 aliphatic carbocycles. The van der Waals surface area contributed by atoms with Gasteiger partial charge in [-0.15, -0.1) is 5.92 Å². The van der Waals surface area contributed by atoms with Crippen molar-refractivity contribution in [1.82, 2.24) is 4.90 Å². The number of hydrogen-bond acceptors (Lipinski definition) is 2. The number of halogens is 3. The van der Waals surface area contributed by atoms with Gasteiger partial charge in [0.1, 0.15) is 24.0 Å². The van der Waals surface area contributed by atoms with Crippen LogP contribution in [0.1, 0.15) is 25.8 Å². The van der Waals surface area contributed by atoms with Gasteiger partial charge in [-0.25, -0.2) is 8.78 Å². The molecule has 3 nitrogen and oxygen atoms in total. The zero-order chi connectivity index (χ0) is 17.0. The predicted octanol–water partition coefficient (Wildman–Crippen LogP) is 3.72. The standard InChI is InChI=1S/C17H16BrF2NO2/c1-3-5-8-23-11-9-13(19)16(14(20)10-11)15-7-6-12(18)17(22)21(15)4-2/h7,9-10,12H,4,6,8H2,1-2H3. The first kappa shape index (κ1) is 17.5. The molecule has 6 heteroatoms. The van der Waals surface area contributed by atoms with E-state index in [4.69, 9.17) is 4.74 Å². The number of hydrogen-bond donors (Lipinski definition) is 0. The minimum Gasteiger partial charge on any atom is -0.481 e. The number of allylic oxidation sites excluding steroid dienone is 1. The molecule has 1 atom stereocenters. The molecule has 122 valence electrons. The van der Waals surface area contributed by atoms with Crippen LogP contribution in [0.5, 0.6) is 5.75 Å². The molecule has 0 radical (unpaired) electrons. The molecular weight excluding hydrogens is 368 g/mol. The Hall–Kier alpha value is -1.87. The van der Waals surface area contributed by atoms with Crippen molar-refractivity contribution in [2.45, 2.75) is 25.1 Å². The second kappa shape index (κ2) is 7.60. The molecule has 1 aliphatic rings. The summed E-state index contributed by atoms with van der Waals surface area (Å²) in [4.78, 5) is 13.2. The highest BCUT2D eigenvalue weighted by Gasteiger charge is 2.31. The van der Waals surface area contributed by atoms with Gasteiger partial charge in [0.05, 0.1) is 16.1 Å². The number of rotatable bonds is 4. The van der Waals surface area contributed by atoms with E-state index >= 15 is 0 Å². The summed E-state index contributed by atoms with van der Waals surface area (Å²) in [5.41, 5.74) is 0.0385. The summed E-state index contributed by atoms with van der Waals surface area (Å²) in [7, 11) is 0. The summed E-state index contributed by atoms with van der Waals surface area (Å²) in [5.74, 6) is 3.61. The van der Waals surface area contributed by atoms with Crippen molar-refractivity contribution < 1.29 is 18.3 Å². The van der Waals surface area contributed by atoms with Crippen molar-refractivity contribution in [1.29, 1.82) is 0 Å². The van der Waals surface area contributed by atoms with Crippen molar-refractivity contribution in [2.75, 3.05) is 13.2 Å². The molecular formula is C17H16BrF2NO2. The molecule has 2 rings (SSSR count). The molecule has 1 amide bonds. The lowest BCUT2D eigenvalue weighted by atomic mass is 10.0. The van der Waals surface area contributed by atoms with Crippen LogP contribution < -0.4 is 4.74 Å². The molecule has 1 aromatic rings. The van der Waals surface area contributed by atoms with Crippen molar-refractivity contribution in [3.63, 3.8) is 0 Å². The Balaban J connectivity index is 2.39. The molecule has 0 bridgehead atoms. The Morgan fingerprint density at radius 3 is 2.61 bits per heavy atom. The van der Waals surface area contributed by atoms with Gasteiger partial charge in [-0.05, 0) is 20.3 Å². The van der Waals surface area contributed by atoms with Crippen LogP contribution in [0.15, 0.2) is 18.2 Å². The molecule has 0 fully saturated rings. The summed E-state index contributed by atoms with van der Waals surface area (Å²) in [6.45, 7) is 3.79. The van der Waals surface area contributed by atoms with Gasteiger partial charge in [-0.1, -0.05) is 27.9 Å². The molecule has 1 unspecified atom stereocenters. The lowest BCUT2D eigenvalue weighted by Crippen LogP contribution is -2.38. The summed E-state index contributed by atoms with van der Waals surface area (Å²) in [6.07, 6.45) is 2.04. The van der Waals surface area contributed by atoms with Crippen molar-refractivity contribution >= 4 is 27.5 Å². The van der Waals surface area contributed by atoms with E-state index in [1.807, 2.05) is 0 Å². The normalized spacial score (nSPS) is 17.4. The zero-order valence-electron chi connectivity index (χ0n) is 12.8. The highest BCUT2D eigenvalue weighted by Crippen LogP contribution is 2.33. The molecule has 23 heavy (non-hydrogen) atoms. The molecule has 1 heterocycles. The second-order valence-electron chi connectivity index (χ2n) is 4.85. The monoisotopic (exact) mass is 383 g/mol. The van der Waals surface area contributed by atoms with E-state index in [-0.39, 0.29) is 34.4 Å². The third-order valence-corrected chi connectivity index (χ3v) is 4.18. The lowest BCUT2D eigenvalue weighted by molar-refractivity contribution is -0.127. The van der Waals surface area contributed by atoms with Gasteiger partial charge in [0.2, 0.25) is 5.91 Å². The Morgan fingerprint density at radius 2 is 2.04 bits per heavy atom. The summed E-state index contributed by atoms with van der Waals surface area (Å²) in [6, 6.07) is 2.21. The van der Waals surface area contributed by atoms with E-state index in [9.17, 15) is 13.6 Å². The minimum atomic E-state index is -0.769. The largest absolute Gasteiger partial charge is 0.481 e. The first-order valence-electron chi connectivity index (χ1n) is 7.17. The smallest absolute Gasteiger partial charge is 0.241 e. The Bertz CT molecular complexity index is 683. The fraction of sp³-hybridized carbons (Fsp3) is 0.353. The fourth-order valence-electron chi connectivity index (χ4n) is 2.35. The van der Waals surface area contributed by atoms with Gasteiger partial charge in [0.15, 0.2) is 0 Å². The molecule has 0 aromatic heterocycles. The third kappa shape index (κ3) is 3.73. The zero-order valence-corrected chi connectivity index (χ0v) is 14.4. The minimum absolute atomic E-state index is 0.0578. The van der Waals surface area contributed by atoms with Gasteiger partial charge in [-0.3, -0.25) is 4.79 Å². The molecule has 0 N–H and O–H groups in total. The van der Waals surface area contributed by atoms with E-state index in [0.717, 1.165) is 12.1 Å². The Labute approximate surface area is 142 Å². The maximum atomic E-state index is 14.4. The van der Waals surface area contributed by atoms with E-state index in [2.05, 4.69) is 27.8 Å². The van der Waals surface area contributed by atoms with Crippen LogP contribution in [0.25, 0.3) is 5.70 Å². The molecule has 0 spiro atoms. The average molecular weight is 384 g/mol. The Morgan fingerprint density at radius 1 is 1.39 bits per heavy atom. The van der Waals surface area contributed by atoms with E-state index in [1.165, 1.54) is 4.90 Å². The number of ether oxygens (including phenoxy) is 1. The first-order chi connectivity index (χ1) is 11.0. The van der Waals surface area contributed by atoms with Crippen molar-refractivity contribution in [3.8, 4) is 17.6 Å². The predicted molar refractivity (Wildman–Crippen MR) is 88.0 cm³/mol. The number of carbonyl (C=O) groups is 1. The van der Waals surface area contributed by atoms with E-state index in [1.54, 1.807) is 19.9 Å². The number of nitrogens with zero attached hydrogens (tertiary/aromatic N) is 1. The van der Waals surface area contributed by atoms with Crippen LogP contribution in [0, 0.1) is 23.5 Å². The SMILES string of the molecule is CC#CCOc1cc(F)c(C2=CCC(Br)C(=O)N2CC)c(F)c1. The maximum absolute atomic E-state index is 14.4. The summed E-state index contributed by atoms with van der Waals surface area (Å²) >= 11 is 3.26. The van der Waals surface area contributed by atoms with E-state index in [0.29, 0.717) is 13.0 Å². The van der Waals surface area contributed by atoms with Crippen molar-refractivity contribution in [2.24, 2.45) is 0 Å². The molecule has 1 aliphatic heterocycles. The quantitative estimate of drug-likeness (QED) is 0.585.